The van der Waals surface area contributed by atoms with Crippen LogP contribution in [0.1, 0.15) is 31.2 Å². The third kappa shape index (κ3) is 3.56. The van der Waals surface area contributed by atoms with E-state index in [1.807, 2.05) is 18.2 Å². The maximum Gasteiger partial charge on any atom is 0.309 e. The summed E-state index contributed by atoms with van der Waals surface area (Å²) in [5.41, 5.74) is 1.71. The van der Waals surface area contributed by atoms with E-state index in [4.69, 9.17) is 16.3 Å². The van der Waals surface area contributed by atoms with E-state index >= 15 is 0 Å². The van der Waals surface area contributed by atoms with Crippen molar-refractivity contribution in [1.82, 2.24) is 4.90 Å². The third-order valence-electron chi connectivity index (χ3n) is 5.33. The number of para-hydroxylation sites is 1. The average Bonchev–Trinajstić information content (AvgIpc) is 3.02. The Morgan fingerprint density at radius 1 is 1.19 bits per heavy atom. The largest absolute Gasteiger partial charge is 0.469 e. The second kappa shape index (κ2) is 7.66. The summed E-state index contributed by atoms with van der Waals surface area (Å²) in [6, 6.07) is 5.57. The summed E-state index contributed by atoms with van der Waals surface area (Å²) < 4.78 is 4.81. The van der Waals surface area contributed by atoms with Crippen LogP contribution in [0.3, 0.4) is 0 Å². The molecule has 1 saturated carbocycles. The minimum atomic E-state index is -0.390. The number of amides is 1. The Labute approximate surface area is 158 Å². The van der Waals surface area contributed by atoms with Crippen molar-refractivity contribution >= 4 is 34.9 Å². The van der Waals surface area contributed by atoms with Crippen LogP contribution < -0.4 is 4.90 Å². The fourth-order valence-corrected chi connectivity index (χ4v) is 4.22. The van der Waals surface area contributed by atoms with Crippen molar-refractivity contribution in [2.24, 2.45) is 5.92 Å². The Morgan fingerprint density at radius 3 is 2.50 bits per heavy atom. The molecule has 1 aliphatic carbocycles. The maximum atomic E-state index is 12.6. The molecule has 140 valence electrons. The lowest BCUT2D eigenvalue weighted by atomic mass is 9.93. The number of esters is 1. The molecule has 1 heterocycles. The van der Waals surface area contributed by atoms with E-state index < -0.39 is 0 Å². The second-order valence-corrected chi connectivity index (χ2v) is 7.26. The lowest BCUT2D eigenvalue weighted by Crippen LogP contribution is -2.48. The van der Waals surface area contributed by atoms with Gasteiger partial charge in [-0.1, -0.05) is 23.7 Å². The van der Waals surface area contributed by atoms with Gasteiger partial charge in [-0.3, -0.25) is 14.4 Å². The molecule has 1 aromatic carbocycles. The number of benzene rings is 1. The molecule has 0 bridgehead atoms. The quantitative estimate of drug-likeness (QED) is 0.755. The van der Waals surface area contributed by atoms with Gasteiger partial charge in [0, 0.05) is 45.4 Å². The van der Waals surface area contributed by atoms with Gasteiger partial charge < -0.3 is 14.5 Å². The number of Topliss-reactive ketones (excluding diaryl/α,β-unsaturated/α-hetero) is 1. The van der Waals surface area contributed by atoms with Crippen molar-refractivity contribution in [1.29, 1.82) is 0 Å². The number of carbonyl (C=O) groups excluding carboxylic acids is 3. The number of hydrogen-bond acceptors (Lipinski definition) is 5. The van der Waals surface area contributed by atoms with Gasteiger partial charge in [-0.05, 0) is 18.1 Å². The molecule has 0 unspecified atom stereocenters. The highest BCUT2D eigenvalue weighted by Gasteiger charge is 2.40. The van der Waals surface area contributed by atoms with Gasteiger partial charge in [0.15, 0.2) is 0 Å². The van der Waals surface area contributed by atoms with Gasteiger partial charge in [0.1, 0.15) is 5.78 Å². The molecule has 0 radical (unpaired) electrons. The number of piperazine rings is 1. The molecule has 7 heteroatoms. The highest BCUT2D eigenvalue weighted by atomic mass is 35.5. The van der Waals surface area contributed by atoms with Crippen molar-refractivity contribution in [2.45, 2.75) is 25.7 Å². The van der Waals surface area contributed by atoms with Gasteiger partial charge in [0.05, 0.1) is 23.7 Å². The van der Waals surface area contributed by atoms with Crippen LogP contribution in [0.2, 0.25) is 5.02 Å². The van der Waals surface area contributed by atoms with Crippen molar-refractivity contribution in [3.05, 3.63) is 28.8 Å². The minimum Gasteiger partial charge on any atom is -0.469 e. The summed E-state index contributed by atoms with van der Waals surface area (Å²) in [7, 11) is 1.35. The fourth-order valence-electron chi connectivity index (χ4n) is 3.92. The van der Waals surface area contributed by atoms with Crippen LogP contribution in [0.5, 0.6) is 0 Å². The smallest absolute Gasteiger partial charge is 0.309 e. The number of carbonyl (C=O) groups is 3. The monoisotopic (exact) mass is 378 g/mol. The van der Waals surface area contributed by atoms with Crippen molar-refractivity contribution < 1.29 is 19.1 Å². The molecular weight excluding hydrogens is 356 g/mol. The molecule has 26 heavy (non-hydrogen) atoms. The number of nitrogens with zero attached hydrogens (tertiary/aromatic N) is 2. The molecule has 0 spiro atoms. The first-order valence-electron chi connectivity index (χ1n) is 8.81. The van der Waals surface area contributed by atoms with E-state index in [0.29, 0.717) is 37.6 Å². The van der Waals surface area contributed by atoms with Gasteiger partial charge in [-0.15, -0.1) is 0 Å². The molecule has 2 atom stereocenters. The summed E-state index contributed by atoms with van der Waals surface area (Å²) in [6.45, 7) is 4.16. The Bertz CT molecular complexity index is 728. The predicted octanol–water partition coefficient (Wildman–Crippen LogP) is 2.24. The molecule has 3 rings (SSSR count). The Kier molecular flexibility index (Phi) is 5.51. The number of ether oxygens (including phenoxy) is 1. The van der Waals surface area contributed by atoms with E-state index in [0.717, 1.165) is 11.3 Å². The molecular formula is C19H23ClN2O4. The van der Waals surface area contributed by atoms with Crippen LogP contribution in [0, 0.1) is 5.92 Å². The summed E-state index contributed by atoms with van der Waals surface area (Å²) in [5.74, 6) is -0.959. The average molecular weight is 379 g/mol. The zero-order valence-electron chi connectivity index (χ0n) is 15.0. The zero-order valence-corrected chi connectivity index (χ0v) is 15.8. The summed E-state index contributed by atoms with van der Waals surface area (Å²) in [5, 5.41) is 0.591. The molecule has 1 aliphatic heterocycles. The van der Waals surface area contributed by atoms with Crippen LogP contribution in [-0.2, 0) is 19.1 Å². The van der Waals surface area contributed by atoms with Gasteiger partial charge in [0.25, 0.3) is 0 Å². The maximum absolute atomic E-state index is 12.6. The Hall–Kier alpha value is -2.08. The van der Waals surface area contributed by atoms with Crippen molar-refractivity contribution in [3.63, 3.8) is 0 Å². The first-order chi connectivity index (χ1) is 12.4. The first-order valence-corrected chi connectivity index (χ1v) is 9.19. The summed E-state index contributed by atoms with van der Waals surface area (Å²) in [6.07, 6.45) is 0.660. The van der Waals surface area contributed by atoms with Gasteiger partial charge in [-0.25, -0.2) is 0 Å². The highest BCUT2D eigenvalue weighted by molar-refractivity contribution is 6.33. The number of anilines is 1. The molecule has 0 N–H and O–H groups in total. The van der Waals surface area contributed by atoms with Crippen LogP contribution >= 0.6 is 11.6 Å². The number of halogens is 1. The molecule has 6 nitrogen and oxygen atoms in total. The van der Waals surface area contributed by atoms with E-state index in [2.05, 4.69) is 4.90 Å². The minimum absolute atomic E-state index is 0.0475. The van der Waals surface area contributed by atoms with Gasteiger partial charge >= 0.3 is 5.97 Å². The second-order valence-electron chi connectivity index (χ2n) is 6.85. The van der Waals surface area contributed by atoms with Crippen LogP contribution in [0.15, 0.2) is 18.2 Å². The van der Waals surface area contributed by atoms with Crippen molar-refractivity contribution in [3.8, 4) is 0 Å². The highest BCUT2D eigenvalue weighted by Crippen LogP contribution is 2.43. The summed E-state index contributed by atoms with van der Waals surface area (Å²) in [4.78, 5) is 39.9. The first kappa shape index (κ1) is 18.7. The van der Waals surface area contributed by atoms with Crippen LogP contribution in [0.4, 0.5) is 5.69 Å². The zero-order chi connectivity index (χ0) is 18.8. The number of methoxy groups -OCH3 is 1. The molecule has 2 aliphatic rings. The third-order valence-corrected chi connectivity index (χ3v) is 5.63. The van der Waals surface area contributed by atoms with Gasteiger partial charge in [0.2, 0.25) is 5.91 Å². The lowest BCUT2D eigenvalue weighted by molar-refractivity contribution is -0.145. The SMILES string of the molecule is COC(=O)[C@H]1CC(=O)[C@@H](c2cccc(Cl)c2N2CCN(C(C)=O)CC2)C1. The van der Waals surface area contributed by atoms with Crippen LogP contribution in [-0.4, -0.2) is 55.8 Å². The molecule has 1 saturated heterocycles. The van der Waals surface area contributed by atoms with E-state index in [1.54, 1.807) is 11.8 Å². The fraction of sp³-hybridized carbons (Fsp3) is 0.526. The van der Waals surface area contributed by atoms with Crippen LogP contribution in [0.25, 0.3) is 0 Å². The van der Waals surface area contributed by atoms with Crippen molar-refractivity contribution in [2.75, 3.05) is 38.2 Å². The lowest BCUT2D eigenvalue weighted by Gasteiger charge is -2.37. The molecule has 1 aromatic rings. The number of ketones is 1. The molecule has 2 fully saturated rings. The Balaban J connectivity index is 1.86. The normalized spacial score (nSPS) is 23.3. The van der Waals surface area contributed by atoms with E-state index in [9.17, 15) is 14.4 Å². The predicted molar refractivity (Wildman–Crippen MR) is 98.4 cm³/mol. The van der Waals surface area contributed by atoms with Gasteiger partial charge in [-0.2, -0.15) is 0 Å². The Morgan fingerprint density at radius 2 is 1.88 bits per heavy atom. The number of hydrogen-bond donors (Lipinski definition) is 0. The van der Waals surface area contributed by atoms with E-state index in [1.165, 1.54) is 7.11 Å². The summed E-state index contributed by atoms with van der Waals surface area (Å²) >= 11 is 6.49. The topological polar surface area (TPSA) is 66.9 Å². The molecule has 0 aromatic heterocycles. The number of rotatable bonds is 3. The van der Waals surface area contributed by atoms with E-state index in [-0.39, 0.29) is 35.9 Å². The molecule has 1 amide bonds. The standard InChI is InChI=1S/C19H23ClN2O4/c1-12(23)21-6-8-22(9-7-21)18-14(4-3-5-16(18)20)15-10-13(11-17(15)24)19(25)26-2/h3-5,13,15H,6-11H2,1-2H3/t13-,15-/m1/s1.